The molecule has 1 heterocycles. The normalized spacial score (nSPS) is 14.6. The number of hydrogen-bond acceptors (Lipinski definition) is 6. The molecule has 0 saturated carbocycles. The van der Waals surface area contributed by atoms with Gasteiger partial charge in [-0.1, -0.05) is 53.8 Å². The maximum Gasteiger partial charge on any atom is 0.269 e. The van der Waals surface area contributed by atoms with Gasteiger partial charge in [-0.2, -0.15) is 0 Å². The zero-order chi connectivity index (χ0) is 22.4. The molecule has 160 valence electrons. The van der Waals surface area contributed by atoms with Gasteiger partial charge in [-0.3, -0.25) is 30.1 Å². The number of hydrazine groups is 1. The van der Waals surface area contributed by atoms with Crippen LogP contribution in [0.2, 0.25) is 0 Å². The molecular weight excluding hydrogens is 434 g/mol. The van der Waals surface area contributed by atoms with Crippen LogP contribution < -0.4 is 15.6 Å². The number of thiocarbonyl (C=S) groups is 1. The number of benzene rings is 2. The highest BCUT2D eigenvalue weighted by atomic mass is 32.2. The van der Waals surface area contributed by atoms with Crippen molar-refractivity contribution in [1.82, 2.24) is 15.8 Å². The van der Waals surface area contributed by atoms with E-state index >= 15 is 0 Å². The molecule has 1 aliphatic heterocycles. The molecule has 0 spiro atoms. The third-order valence-electron chi connectivity index (χ3n) is 4.29. The van der Waals surface area contributed by atoms with Gasteiger partial charge in [-0.25, -0.2) is 0 Å². The quantitative estimate of drug-likeness (QED) is 0.396. The molecule has 2 N–H and O–H groups in total. The summed E-state index contributed by atoms with van der Waals surface area (Å²) in [6, 6.07) is 14.2. The van der Waals surface area contributed by atoms with Crippen molar-refractivity contribution in [2.45, 2.75) is 13.8 Å². The van der Waals surface area contributed by atoms with Crippen LogP contribution in [0.25, 0.3) is 6.08 Å². The molecule has 0 aliphatic carbocycles. The highest BCUT2D eigenvalue weighted by Gasteiger charge is 2.33. The summed E-state index contributed by atoms with van der Waals surface area (Å²) in [6.45, 7) is 4.10. The molecular formula is C22H21N3O4S2. The molecule has 31 heavy (non-hydrogen) atoms. The summed E-state index contributed by atoms with van der Waals surface area (Å²) in [4.78, 5) is 38.6. The van der Waals surface area contributed by atoms with Gasteiger partial charge < -0.3 is 4.74 Å². The van der Waals surface area contributed by atoms with Gasteiger partial charge >= 0.3 is 0 Å². The van der Waals surface area contributed by atoms with Crippen LogP contribution in [0.5, 0.6) is 5.75 Å². The highest BCUT2D eigenvalue weighted by Crippen LogP contribution is 2.32. The maximum atomic E-state index is 12.7. The first-order valence-electron chi connectivity index (χ1n) is 9.51. The Labute approximate surface area is 189 Å². The number of nitrogens with zero attached hydrogens (tertiary/aromatic N) is 1. The number of nitrogens with one attached hydrogen (secondary N) is 2. The van der Waals surface area contributed by atoms with Crippen molar-refractivity contribution in [2.75, 3.05) is 13.2 Å². The molecule has 1 aliphatic rings. The predicted octanol–water partition coefficient (Wildman–Crippen LogP) is 3.06. The van der Waals surface area contributed by atoms with Gasteiger partial charge in [0.05, 0.1) is 11.5 Å². The third-order valence-corrected chi connectivity index (χ3v) is 5.67. The van der Waals surface area contributed by atoms with Crippen molar-refractivity contribution in [3.63, 3.8) is 0 Å². The lowest BCUT2D eigenvalue weighted by Gasteiger charge is -2.14. The van der Waals surface area contributed by atoms with Crippen LogP contribution in [0.15, 0.2) is 53.4 Å². The largest absolute Gasteiger partial charge is 0.494 e. The summed E-state index contributed by atoms with van der Waals surface area (Å²) in [5, 5.41) is 0. The maximum absolute atomic E-state index is 12.7. The van der Waals surface area contributed by atoms with Crippen LogP contribution in [0.3, 0.4) is 0 Å². The van der Waals surface area contributed by atoms with Gasteiger partial charge in [-0.15, -0.1) is 0 Å². The zero-order valence-corrected chi connectivity index (χ0v) is 18.6. The van der Waals surface area contributed by atoms with E-state index in [1.54, 1.807) is 30.3 Å². The first-order chi connectivity index (χ1) is 14.9. The number of amides is 3. The van der Waals surface area contributed by atoms with Crippen molar-refractivity contribution in [1.29, 1.82) is 0 Å². The number of ether oxygens (including phenoxy) is 1. The molecule has 0 bridgehead atoms. The van der Waals surface area contributed by atoms with Gasteiger partial charge in [0.2, 0.25) is 0 Å². The molecule has 1 fully saturated rings. The van der Waals surface area contributed by atoms with Crippen LogP contribution in [0, 0.1) is 6.92 Å². The fourth-order valence-corrected chi connectivity index (χ4v) is 3.96. The van der Waals surface area contributed by atoms with E-state index in [4.69, 9.17) is 17.0 Å². The standard InChI is InChI=1S/C22H21N3O4S2/c1-3-29-17-10-6-15(7-11-17)12-18-21(28)25(22(30)31-18)13-19(26)23-24-20(27)16-8-4-14(2)5-9-16/h4-12H,3,13H2,1-2H3,(H,23,26)(H,24,27). The Morgan fingerprint density at radius 2 is 1.77 bits per heavy atom. The fourth-order valence-electron chi connectivity index (χ4n) is 2.70. The summed E-state index contributed by atoms with van der Waals surface area (Å²) in [7, 11) is 0. The molecule has 0 unspecified atom stereocenters. The number of hydrogen-bond donors (Lipinski definition) is 2. The van der Waals surface area contributed by atoms with Gasteiger partial charge in [0.15, 0.2) is 0 Å². The minimum absolute atomic E-state index is 0.280. The molecule has 3 amide bonds. The van der Waals surface area contributed by atoms with E-state index in [0.717, 1.165) is 28.6 Å². The fraction of sp³-hybridized carbons (Fsp3) is 0.182. The monoisotopic (exact) mass is 455 g/mol. The molecule has 2 aromatic carbocycles. The number of carbonyl (C=O) groups excluding carboxylic acids is 3. The molecule has 0 aromatic heterocycles. The lowest BCUT2D eigenvalue weighted by atomic mass is 10.1. The topological polar surface area (TPSA) is 87.7 Å². The molecule has 9 heteroatoms. The summed E-state index contributed by atoms with van der Waals surface area (Å²) < 4.78 is 5.69. The number of rotatable bonds is 6. The highest BCUT2D eigenvalue weighted by molar-refractivity contribution is 8.26. The minimum Gasteiger partial charge on any atom is -0.494 e. The predicted molar refractivity (Wildman–Crippen MR) is 124 cm³/mol. The average Bonchev–Trinajstić information content (AvgIpc) is 3.01. The first kappa shape index (κ1) is 22.5. The summed E-state index contributed by atoms with van der Waals surface area (Å²) >= 11 is 6.37. The second-order valence-electron chi connectivity index (χ2n) is 6.64. The molecule has 0 atom stereocenters. The van der Waals surface area contributed by atoms with Gasteiger partial charge in [0, 0.05) is 5.56 Å². The molecule has 0 radical (unpaired) electrons. The molecule has 2 aromatic rings. The van der Waals surface area contributed by atoms with Crippen molar-refractivity contribution in [3.8, 4) is 5.75 Å². The number of aryl methyl sites for hydroxylation is 1. The Morgan fingerprint density at radius 3 is 2.42 bits per heavy atom. The lowest BCUT2D eigenvalue weighted by molar-refractivity contribution is -0.129. The van der Waals surface area contributed by atoms with E-state index in [1.807, 2.05) is 38.1 Å². The summed E-state index contributed by atoms with van der Waals surface area (Å²) in [5.74, 6) is -0.617. The lowest BCUT2D eigenvalue weighted by Crippen LogP contribution is -2.47. The second-order valence-corrected chi connectivity index (χ2v) is 8.31. The van der Waals surface area contributed by atoms with Gasteiger partial charge in [0.1, 0.15) is 16.6 Å². The number of carbonyl (C=O) groups is 3. The third kappa shape index (κ3) is 5.93. The van der Waals surface area contributed by atoms with Crippen molar-refractivity contribution >= 4 is 52.1 Å². The van der Waals surface area contributed by atoms with Crippen molar-refractivity contribution in [3.05, 3.63) is 70.1 Å². The zero-order valence-electron chi connectivity index (χ0n) is 17.0. The van der Waals surface area contributed by atoms with Crippen LogP contribution in [-0.2, 0) is 9.59 Å². The Morgan fingerprint density at radius 1 is 1.10 bits per heavy atom. The molecule has 1 saturated heterocycles. The average molecular weight is 456 g/mol. The van der Waals surface area contributed by atoms with E-state index in [1.165, 1.54) is 4.90 Å². The van der Waals surface area contributed by atoms with E-state index < -0.39 is 11.8 Å². The first-order valence-corrected chi connectivity index (χ1v) is 10.7. The summed E-state index contributed by atoms with van der Waals surface area (Å²) in [6.07, 6.45) is 1.71. The van der Waals surface area contributed by atoms with Crippen LogP contribution in [-0.4, -0.2) is 40.1 Å². The Balaban J connectivity index is 1.57. The van der Waals surface area contributed by atoms with Crippen molar-refractivity contribution in [2.24, 2.45) is 0 Å². The SMILES string of the molecule is CCOc1ccc(C=C2SC(=S)N(CC(=O)NNC(=O)c3ccc(C)cc3)C2=O)cc1. The van der Waals surface area contributed by atoms with Crippen LogP contribution in [0.1, 0.15) is 28.4 Å². The van der Waals surface area contributed by atoms with Gasteiger partial charge in [0.25, 0.3) is 17.7 Å². The Hall–Kier alpha value is -3.17. The Kier molecular flexibility index (Phi) is 7.43. The molecule has 7 nitrogen and oxygen atoms in total. The van der Waals surface area contributed by atoms with Crippen molar-refractivity contribution < 1.29 is 19.1 Å². The van der Waals surface area contributed by atoms with Gasteiger partial charge in [-0.05, 0) is 49.8 Å². The number of thioether (sulfide) groups is 1. The van der Waals surface area contributed by atoms with E-state index in [9.17, 15) is 14.4 Å². The minimum atomic E-state index is -0.556. The van der Waals surface area contributed by atoms with E-state index in [-0.39, 0.29) is 16.8 Å². The Bertz CT molecular complexity index is 1030. The summed E-state index contributed by atoms with van der Waals surface area (Å²) in [5.41, 5.74) is 6.90. The van der Waals surface area contributed by atoms with E-state index in [2.05, 4.69) is 10.9 Å². The second kappa shape index (κ2) is 10.2. The van der Waals surface area contributed by atoms with Crippen LogP contribution in [0.4, 0.5) is 0 Å². The van der Waals surface area contributed by atoms with E-state index in [0.29, 0.717) is 17.1 Å². The molecule has 3 rings (SSSR count). The smallest absolute Gasteiger partial charge is 0.269 e. The van der Waals surface area contributed by atoms with Crippen LogP contribution >= 0.6 is 24.0 Å².